The minimum atomic E-state index is -0.134. The molecule has 0 radical (unpaired) electrons. The largest absolute Gasteiger partial charge is 0.494 e. The lowest BCUT2D eigenvalue weighted by molar-refractivity contribution is 0.104. The second-order valence-electron chi connectivity index (χ2n) is 4.77. The average molecular weight is 331 g/mol. The van der Waals surface area contributed by atoms with Gasteiger partial charge in [-0.15, -0.1) is 0 Å². The molecule has 23 heavy (non-hydrogen) atoms. The van der Waals surface area contributed by atoms with Crippen molar-refractivity contribution in [1.82, 2.24) is 0 Å². The van der Waals surface area contributed by atoms with Gasteiger partial charge < -0.3 is 9.47 Å². The minimum absolute atomic E-state index is 0.134. The van der Waals surface area contributed by atoms with Gasteiger partial charge in [0.25, 0.3) is 0 Å². The summed E-state index contributed by atoms with van der Waals surface area (Å²) in [5, 5.41) is 0.663. The Morgan fingerprint density at radius 2 is 1.74 bits per heavy atom. The monoisotopic (exact) mass is 330 g/mol. The molecule has 0 unspecified atom stereocenters. The normalized spacial score (nSPS) is 10.7. The summed E-state index contributed by atoms with van der Waals surface area (Å²) in [6, 6.07) is 12.5. The highest BCUT2D eigenvalue weighted by Gasteiger charge is 2.11. The van der Waals surface area contributed by atoms with Gasteiger partial charge in [-0.2, -0.15) is 0 Å². The Morgan fingerprint density at radius 1 is 1.04 bits per heavy atom. The summed E-state index contributed by atoms with van der Waals surface area (Å²) in [5.74, 6) is 1.07. The zero-order chi connectivity index (χ0) is 16.7. The SMILES string of the molecule is CCOc1ccc(OCC)c(C(=O)/C=C/c2ccc(Cl)cc2)c1. The first-order valence-electron chi connectivity index (χ1n) is 7.51. The third-order valence-corrected chi connectivity index (χ3v) is 3.38. The van der Waals surface area contributed by atoms with Gasteiger partial charge in [0.15, 0.2) is 5.78 Å². The van der Waals surface area contributed by atoms with E-state index >= 15 is 0 Å². The van der Waals surface area contributed by atoms with Crippen LogP contribution in [0, 0.1) is 0 Å². The first-order valence-corrected chi connectivity index (χ1v) is 7.89. The number of hydrogen-bond acceptors (Lipinski definition) is 3. The summed E-state index contributed by atoms with van der Waals surface area (Å²) < 4.78 is 11.0. The second-order valence-corrected chi connectivity index (χ2v) is 5.21. The first kappa shape index (κ1) is 17.1. The van der Waals surface area contributed by atoms with Crippen LogP contribution in [0.5, 0.6) is 11.5 Å². The van der Waals surface area contributed by atoms with Crippen LogP contribution >= 0.6 is 11.6 Å². The average Bonchev–Trinajstić information content (AvgIpc) is 2.56. The quantitative estimate of drug-likeness (QED) is 0.527. The highest BCUT2D eigenvalue weighted by Crippen LogP contribution is 2.25. The summed E-state index contributed by atoms with van der Waals surface area (Å²) in [4.78, 5) is 12.5. The lowest BCUT2D eigenvalue weighted by Crippen LogP contribution is -2.03. The molecule has 0 N–H and O–H groups in total. The molecule has 0 amide bonds. The van der Waals surface area contributed by atoms with Crippen LogP contribution in [0.3, 0.4) is 0 Å². The van der Waals surface area contributed by atoms with Crippen LogP contribution in [0.15, 0.2) is 48.5 Å². The smallest absolute Gasteiger partial charge is 0.189 e. The maximum atomic E-state index is 12.5. The highest BCUT2D eigenvalue weighted by atomic mass is 35.5. The molecular weight excluding hydrogens is 312 g/mol. The Balaban J connectivity index is 2.25. The molecule has 0 bridgehead atoms. The number of halogens is 1. The fraction of sp³-hybridized carbons (Fsp3) is 0.211. The number of allylic oxidation sites excluding steroid dienone is 1. The van der Waals surface area contributed by atoms with E-state index in [0.717, 1.165) is 5.56 Å². The van der Waals surface area contributed by atoms with Crippen molar-refractivity contribution < 1.29 is 14.3 Å². The van der Waals surface area contributed by atoms with Gasteiger partial charge in [0, 0.05) is 5.02 Å². The molecule has 4 heteroatoms. The molecule has 0 saturated heterocycles. The van der Waals surface area contributed by atoms with Crippen molar-refractivity contribution in [2.45, 2.75) is 13.8 Å². The Labute approximate surface area is 141 Å². The van der Waals surface area contributed by atoms with Gasteiger partial charge in [-0.05, 0) is 55.8 Å². The van der Waals surface area contributed by atoms with Crippen molar-refractivity contribution in [3.8, 4) is 11.5 Å². The number of carbonyl (C=O) groups excluding carboxylic acids is 1. The molecular formula is C19H19ClO3. The molecule has 0 fully saturated rings. The predicted molar refractivity (Wildman–Crippen MR) is 93.6 cm³/mol. The van der Waals surface area contributed by atoms with Crippen LogP contribution in [0.25, 0.3) is 6.08 Å². The molecule has 0 aliphatic heterocycles. The summed E-state index contributed by atoms with van der Waals surface area (Å²) in [6.45, 7) is 4.82. The third-order valence-electron chi connectivity index (χ3n) is 3.12. The number of benzene rings is 2. The van der Waals surface area contributed by atoms with Crippen molar-refractivity contribution in [3.63, 3.8) is 0 Å². The number of ether oxygens (including phenoxy) is 2. The van der Waals surface area contributed by atoms with E-state index in [9.17, 15) is 4.79 Å². The Kier molecular flexibility index (Phi) is 6.24. The number of ketones is 1. The summed E-state index contributed by atoms with van der Waals surface area (Å²) in [5.41, 5.74) is 1.39. The zero-order valence-corrected chi connectivity index (χ0v) is 14.0. The molecule has 0 aliphatic carbocycles. The van der Waals surface area contributed by atoms with E-state index in [-0.39, 0.29) is 5.78 Å². The molecule has 0 aromatic heterocycles. The van der Waals surface area contributed by atoms with Crippen molar-refractivity contribution in [3.05, 3.63) is 64.7 Å². The van der Waals surface area contributed by atoms with E-state index in [1.807, 2.05) is 26.0 Å². The van der Waals surface area contributed by atoms with Crippen molar-refractivity contribution >= 4 is 23.5 Å². The Morgan fingerprint density at radius 3 is 2.39 bits per heavy atom. The number of hydrogen-bond donors (Lipinski definition) is 0. The van der Waals surface area contributed by atoms with Gasteiger partial charge in [-0.25, -0.2) is 0 Å². The van der Waals surface area contributed by atoms with E-state index in [1.165, 1.54) is 6.08 Å². The van der Waals surface area contributed by atoms with E-state index in [1.54, 1.807) is 36.4 Å². The van der Waals surface area contributed by atoms with Gasteiger partial charge in [0.05, 0.1) is 18.8 Å². The standard InChI is InChI=1S/C19H19ClO3/c1-3-22-16-10-12-19(23-4-2)17(13-16)18(21)11-7-14-5-8-15(20)9-6-14/h5-13H,3-4H2,1-2H3/b11-7+. The van der Waals surface area contributed by atoms with Crippen molar-refractivity contribution in [1.29, 1.82) is 0 Å². The topological polar surface area (TPSA) is 35.5 Å². The molecule has 0 saturated carbocycles. The highest BCUT2D eigenvalue weighted by molar-refractivity contribution is 6.30. The number of rotatable bonds is 7. The van der Waals surface area contributed by atoms with Crippen LogP contribution in [0.2, 0.25) is 5.02 Å². The van der Waals surface area contributed by atoms with Crippen molar-refractivity contribution in [2.75, 3.05) is 13.2 Å². The van der Waals surface area contributed by atoms with Gasteiger partial charge in [0.2, 0.25) is 0 Å². The van der Waals surface area contributed by atoms with Crippen LogP contribution < -0.4 is 9.47 Å². The van der Waals surface area contributed by atoms with Crippen LogP contribution in [0.1, 0.15) is 29.8 Å². The molecule has 0 atom stereocenters. The molecule has 0 aliphatic rings. The molecule has 0 spiro atoms. The fourth-order valence-corrected chi connectivity index (χ4v) is 2.20. The Hall–Kier alpha value is -2.26. The lowest BCUT2D eigenvalue weighted by Gasteiger charge is -2.10. The van der Waals surface area contributed by atoms with Crippen LogP contribution in [0.4, 0.5) is 0 Å². The van der Waals surface area contributed by atoms with E-state index in [0.29, 0.717) is 35.3 Å². The molecule has 3 nitrogen and oxygen atoms in total. The predicted octanol–water partition coefficient (Wildman–Crippen LogP) is 5.03. The van der Waals surface area contributed by atoms with E-state index < -0.39 is 0 Å². The van der Waals surface area contributed by atoms with Gasteiger partial charge >= 0.3 is 0 Å². The van der Waals surface area contributed by atoms with Gasteiger partial charge in [-0.1, -0.05) is 29.8 Å². The second kappa shape index (κ2) is 8.39. The van der Waals surface area contributed by atoms with Gasteiger partial charge in [0.1, 0.15) is 11.5 Å². The molecule has 0 heterocycles. The molecule has 2 aromatic rings. The summed E-state index contributed by atoms with van der Waals surface area (Å²) in [6.07, 6.45) is 3.28. The summed E-state index contributed by atoms with van der Waals surface area (Å²) in [7, 11) is 0. The van der Waals surface area contributed by atoms with E-state index in [4.69, 9.17) is 21.1 Å². The molecule has 120 valence electrons. The lowest BCUT2D eigenvalue weighted by atomic mass is 10.1. The van der Waals surface area contributed by atoms with Gasteiger partial charge in [-0.3, -0.25) is 4.79 Å². The van der Waals surface area contributed by atoms with Crippen LogP contribution in [-0.4, -0.2) is 19.0 Å². The van der Waals surface area contributed by atoms with E-state index in [2.05, 4.69) is 0 Å². The number of carbonyl (C=O) groups is 1. The van der Waals surface area contributed by atoms with Crippen molar-refractivity contribution in [2.24, 2.45) is 0 Å². The maximum absolute atomic E-state index is 12.5. The first-order chi connectivity index (χ1) is 11.1. The summed E-state index contributed by atoms with van der Waals surface area (Å²) >= 11 is 5.85. The molecule has 2 rings (SSSR count). The zero-order valence-electron chi connectivity index (χ0n) is 13.2. The minimum Gasteiger partial charge on any atom is -0.494 e. The van der Waals surface area contributed by atoms with Crippen LogP contribution in [-0.2, 0) is 0 Å². The fourth-order valence-electron chi connectivity index (χ4n) is 2.08. The third kappa shape index (κ3) is 4.86. The maximum Gasteiger partial charge on any atom is 0.189 e. The Bertz CT molecular complexity index is 690. The molecule has 2 aromatic carbocycles.